The molecule has 22 heavy (non-hydrogen) atoms. The first-order valence-electron chi connectivity index (χ1n) is 6.96. The standard InChI is InChI=1S/C16H14N6/c1-11-18-8-12(9-19-11)16-17-5-6-22(16)13-3-4-14-15(7-13)21(2)10-20-14/h3-10H,1-2H3. The van der Waals surface area contributed by atoms with E-state index in [1.807, 2.05) is 47.8 Å². The van der Waals surface area contributed by atoms with Crippen molar-refractivity contribution in [3.63, 3.8) is 0 Å². The van der Waals surface area contributed by atoms with E-state index >= 15 is 0 Å². The maximum Gasteiger partial charge on any atom is 0.147 e. The predicted molar refractivity (Wildman–Crippen MR) is 83.6 cm³/mol. The van der Waals surface area contributed by atoms with Gasteiger partial charge in [0.1, 0.15) is 11.6 Å². The maximum atomic E-state index is 4.44. The van der Waals surface area contributed by atoms with Gasteiger partial charge in [0.2, 0.25) is 0 Å². The first-order valence-corrected chi connectivity index (χ1v) is 6.96. The van der Waals surface area contributed by atoms with E-state index in [4.69, 9.17) is 0 Å². The van der Waals surface area contributed by atoms with Gasteiger partial charge in [-0.2, -0.15) is 0 Å². The van der Waals surface area contributed by atoms with Gasteiger partial charge < -0.3 is 4.57 Å². The maximum absolute atomic E-state index is 4.44. The SMILES string of the molecule is Cc1ncc(-c2nccn2-c2ccc3ncn(C)c3c2)cn1. The van der Waals surface area contributed by atoms with Crippen molar-refractivity contribution in [3.8, 4) is 17.1 Å². The lowest BCUT2D eigenvalue weighted by molar-refractivity contribution is 0.945. The second-order valence-electron chi connectivity index (χ2n) is 5.17. The minimum absolute atomic E-state index is 0.748. The number of aryl methyl sites for hydroxylation is 2. The third-order valence-corrected chi connectivity index (χ3v) is 3.67. The van der Waals surface area contributed by atoms with Crippen LogP contribution in [0.2, 0.25) is 0 Å². The molecular formula is C16H14N6. The van der Waals surface area contributed by atoms with E-state index in [1.54, 1.807) is 18.6 Å². The number of hydrogen-bond acceptors (Lipinski definition) is 4. The van der Waals surface area contributed by atoms with Crippen LogP contribution in [0, 0.1) is 6.92 Å². The lowest BCUT2D eigenvalue weighted by Crippen LogP contribution is -1.98. The second-order valence-corrected chi connectivity index (χ2v) is 5.17. The molecule has 0 atom stereocenters. The summed E-state index contributed by atoms with van der Waals surface area (Å²) in [6.45, 7) is 1.87. The van der Waals surface area contributed by atoms with Gasteiger partial charge in [0.05, 0.1) is 22.9 Å². The molecule has 0 amide bonds. The van der Waals surface area contributed by atoms with Crippen LogP contribution in [0.25, 0.3) is 28.1 Å². The zero-order valence-corrected chi connectivity index (χ0v) is 12.3. The van der Waals surface area contributed by atoms with Crippen LogP contribution in [0.4, 0.5) is 0 Å². The first-order chi connectivity index (χ1) is 10.7. The van der Waals surface area contributed by atoms with Gasteiger partial charge in [-0.1, -0.05) is 0 Å². The van der Waals surface area contributed by atoms with Crippen LogP contribution in [-0.2, 0) is 7.05 Å². The molecule has 3 aromatic heterocycles. The normalized spacial score (nSPS) is 11.2. The van der Waals surface area contributed by atoms with Gasteiger partial charge in [-0.3, -0.25) is 4.57 Å². The van der Waals surface area contributed by atoms with Crippen molar-refractivity contribution in [2.24, 2.45) is 7.05 Å². The Hall–Kier alpha value is -3.02. The third-order valence-electron chi connectivity index (χ3n) is 3.67. The van der Waals surface area contributed by atoms with Gasteiger partial charge in [0, 0.05) is 37.5 Å². The van der Waals surface area contributed by atoms with Crippen LogP contribution >= 0.6 is 0 Å². The van der Waals surface area contributed by atoms with E-state index in [2.05, 4.69) is 26.0 Å². The van der Waals surface area contributed by atoms with E-state index in [1.165, 1.54) is 0 Å². The average Bonchev–Trinajstić information content (AvgIpc) is 3.15. The molecule has 0 radical (unpaired) electrons. The van der Waals surface area contributed by atoms with Gasteiger partial charge in [0.15, 0.2) is 0 Å². The first kappa shape index (κ1) is 12.7. The average molecular weight is 290 g/mol. The molecule has 0 aliphatic heterocycles. The fraction of sp³-hybridized carbons (Fsp3) is 0.125. The number of nitrogens with zero attached hydrogens (tertiary/aromatic N) is 6. The molecule has 0 aliphatic rings. The number of benzene rings is 1. The molecule has 3 heterocycles. The van der Waals surface area contributed by atoms with Crippen LogP contribution in [0.1, 0.15) is 5.82 Å². The van der Waals surface area contributed by atoms with Gasteiger partial charge in [0.25, 0.3) is 0 Å². The molecule has 108 valence electrons. The van der Waals surface area contributed by atoms with Gasteiger partial charge in [-0.15, -0.1) is 0 Å². The zero-order valence-electron chi connectivity index (χ0n) is 12.3. The van der Waals surface area contributed by atoms with Crippen LogP contribution < -0.4 is 0 Å². The number of imidazole rings is 2. The Balaban J connectivity index is 1.87. The summed E-state index contributed by atoms with van der Waals surface area (Å²) in [7, 11) is 1.99. The topological polar surface area (TPSA) is 61.4 Å². The van der Waals surface area contributed by atoms with Crippen molar-refractivity contribution in [3.05, 3.63) is 55.1 Å². The van der Waals surface area contributed by atoms with Crippen LogP contribution in [0.15, 0.2) is 49.3 Å². The molecule has 0 saturated carbocycles. The Morgan fingerprint density at radius 1 is 1.00 bits per heavy atom. The molecule has 4 aromatic rings. The lowest BCUT2D eigenvalue weighted by atomic mass is 10.2. The smallest absolute Gasteiger partial charge is 0.147 e. The van der Waals surface area contributed by atoms with Crippen LogP contribution in [0.5, 0.6) is 0 Å². The summed E-state index contributed by atoms with van der Waals surface area (Å²) in [5, 5.41) is 0. The van der Waals surface area contributed by atoms with Crippen molar-refractivity contribution in [2.45, 2.75) is 6.92 Å². The molecule has 0 fully saturated rings. The highest BCUT2D eigenvalue weighted by Gasteiger charge is 2.10. The van der Waals surface area contributed by atoms with Crippen molar-refractivity contribution in [2.75, 3.05) is 0 Å². The number of rotatable bonds is 2. The van der Waals surface area contributed by atoms with Crippen LogP contribution in [-0.4, -0.2) is 29.1 Å². The predicted octanol–water partition coefficient (Wildman–Crippen LogP) is 2.52. The largest absolute Gasteiger partial charge is 0.334 e. The molecule has 0 N–H and O–H groups in total. The fourth-order valence-corrected chi connectivity index (χ4v) is 2.50. The number of aromatic nitrogens is 6. The quantitative estimate of drug-likeness (QED) is 0.569. The Labute approximate surface area is 127 Å². The Morgan fingerprint density at radius 2 is 1.82 bits per heavy atom. The highest BCUT2D eigenvalue weighted by Crippen LogP contribution is 2.23. The highest BCUT2D eigenvalue weighted by molar-refractivity contribution is 5.78. The zero-order chi connectivity index (χ0) is 15.1. The summed E-state index contributed by atoms with van der Waals surface area (Å²) in [5.74, 6) is 1.57. The molecule has 6 nitrogen and oxygen atoms in total. The second kappa shape index (κ2) is 4.77. The molecule has 0 aliphatic carbocycles. The summed E-state index contributed by atoms with van der Waals surface area (Å²) < 4.78 is 4.03. The third kappa shape index (κ3) is 1.96. The van der Waals surface area contributed by atoms with Crippen LogP contribution in [0.3, 0.4) is 0 Å². The van der Waals surface area contributed by atoms with Gasteiger partial charge >= 0.3 is 0 Å². The summed E-state index contributed by atoms with van der Waals surface area (Å²) in [6, 6.07) is 6.15. The molecule has 4 rings (SSSR count). The highest BCUT2D eigenvalue weighted by atomic mass is 15.1. The van der Waals surface area contributed by atoms with Gasteiger partial charge in [-0.25, -0.2) is 19.9 Å². The summed E-state index contributed by atoms with van der Waals surface area (Å²) in [5.41, 5.74) is 3.98. The molecule has 0 unspecified atom stereocenters. The minimum Gasteiger partial charge on any atom is -0.334 e. The van der Waals surface area contributed by atoms with Crippen molar-refractivity contribution in [1.82, 2.24) is 29.1 Å². The van der Waals surface area contributed by atoms with E-state index < -0.39 is 0 Å². The van der Waals surface area contributed by atoms with E-state index in [0.717, 1.165) is 33.9 Å². The Kier molecular flexibility index (Phi) is 2.75. The van der Waals surface area contributed by atoms with Crippen molar-refractivity contribution >= 4 is 11.0 Å². The molecule has 0 bridgehead atoms. The lowest BCUT2D eigenvalue weighted by Gasteiger charge is -2.08. The summed E-state index contributed by atoms with van der Waals surface area (Å²) in [4.78, 5) is 17.3. The molecule has 6 heteroatoms. The number of fused-ring (bicyclic) bond motifs is 1. The minimum atomic E-state index is 0.748. The molecule has 0 saturated heterocycles. The van der Waals surface area contributed by atoms with Crippen molar-refractivity contribution < 1.29 is 0 Å². The fourth-order valence-electron chi connectivity index (χ4n) is 2.50. The molecule has 0 spiro atoms. The summed E-state index contributed by atoms with van der Waals surface area (Å²) in [6.07, 6.45) is 9.12. The van der Waals surface area contributed by atoms with E-state index in [9.17, 15) is 0 Å². The van der Waals surface area contributed by atoms with E-state index in [-0.39, 0.29) is 0 Å². The van der Waals surface area contributed by atoms with Gasteiger partial charge in [-0.05, 0) is 25.1 Å². The Bertz CT molecular complexity index is 948. The Morgan fingerprint density at radius 3 is 2.64 bits per heavy atom. The van der Waals surface area contributed by atoms with E-state index in [0.29, 0.717) is 0 Å². The summed E-state index contributed by atoms with van der Waals surface area (Å²) >= 11 is 0. The van der Waals surface area contributed by atoms with Crippen molar-refractivity contribution in [1.29, 1.82) is 0 Å². The molecular weight excluding hydrogens is 276 g/mol. The monoisotopic (exact) mass is 290 g/mol. The molecule has 1 aromatic carbocycles. The number of hydrogen-bond donors (Lipinski definition) is 0.